The molecule has 0 heterocycles. The van der Waals surface area contributed by atoms with Crippen molar-refractivity contribution in [2.45, 2.75) is 19.9 Å². The van der Waals surface area contributed by atoms with Crippen LogP contribution in [0, 0.1) is 0 Å². The van der Waals surface area contributed by atoms with Crippen molar-refractivity contribution in [1.29, 1.82) is 0 Å². The number of nitrogens with one attached hydrogen (secondary N) is 2. The van der Waals surface area contributed by atoms with E-state index in [2.05, 4.69) is 10.8 Å². The molecule has 0 spiro atoms. The van der Waals surface area contributed by atoms with Crippen LogP contribution in [0.2, 0.25) is 0 Å². The molecule has 5 nitrogen and oxygen atoms in total. The van der Waals surface area contributed by atoms with E-state index in [0.717, 1.165) is 5.69 Å². The van der Waals surface area contributed by atoms with Crippen molar-refractivity contribution in [3.63, 3.8) is 0 Å². The van der Waals surface area contributed by atoms with Crippen LogP contribution < -0.4 is 10.8 Å². The number of methoxy groups -OCH3 is 1. The summed E-state index contributed by atoms with van der Waals surface area (Å²) in [5, 5.41) is 3.21. The van der Waals surface area contributed by atoms with E-state index in [1.54, 1.807) is 13.2 Å². The van der Waals surface area contributed by atoms with Crippen molar-refractivity contribution in [2.75, 3.05) is 25.6 Å². The van der Waals surface area contributed by atoms with Crippen LogP contribution in [0.1, 0.15) is 24.2 Å². The first-order valence-corrected chi connectivity index (χ1v) is 5.91. The highest BCUT2D eigenvalue weighted by molar-refractivity contribution is 5.99. The number of carbonyl (C=O) groups excluding carboxylic acids is 1. The van der Waals surface area contributed by atoms with Crippen LogP contribution in [0.3, 0.4) is 0 Å². The van der Waals surface area contributed by atoms with E-state index in [1.807, 2.05) is 32.0 Å². The highest BCUT2D eigenvalue weighted by atomic mass is 16.7. The lowest BCUT2D eigenvalue weighted by Gasteiger charge is -2.14. The Hall–Kier alpha value is -1.59. The summed E-state index contributed by atoms with van der Waals surface area (Å²) >= 11 is 0. The second-order valence-electron chi connectivity index (χ2n) is 4.12. The van der Waals surface area contributed by atoms with E-state index in [4.69, 9.17) is 9.57 Å². The molecule has 1 aromatic carbocycles. The Labute approximate surface area is 107 Å². The van der Waals surface area contributed by atoms with E-state index in [-0.39, 0.29) is 11.9 Å². The van der Waals surface area contributed by atoms with E-state index >= 15 is 0 Å². The maximum Gasteiger partial charge on any atom is 0.276 e. The van der Waals surface area contributed by atoms with Crippen LogP contribution in [-0.2, 0) is 9.57 Å². The predicted molar refractivity (Wildman–Crippen MR) is 70.5 cm³/mol. The lowest BCUT2D eigenvalue weighted by atomic mass is 10.1. The molecule has 0 aliphatic carbocycles. The van der Waals surface area contributed by atoms with Gasteiger partial charge in [-0.05, 0) is 26.0 Å². The number of ether oxygens (including phenoxy) is 1. The Morgan fingerprint density at radius 2 is 2.00 bits per heavy atom. The van der Waals surface area contributed by atoms with Crippen LogP contribution >= 0.6 is 0 Å². The van der Waals surface area contributed by atoms with Crippen molar-refractivity contribution < 1.29 is 14.4 Å². The summed E-state index contributed by atoms with van der Waals surface area (Å²) in [7, 11) is 1.58. The number of rotatable bonds is 7. The van der Waals surface area contributed by atoms with Crippen LogP contribution in [-0.4, -0.2) is 32.3 Å². The standard InChI is InChI=1S/C13H20N2O3/c1-10(2)14-12-7-5-4-6-11(12)13(16)15-18-9-8-17-3/h4-7,10,14H,8-9H2,1-3H3,(H,15,16). The van der Waals surface area contributed by atoms with E-state index in [1.165, 1.54) is 0 Å². The summed E-state index contributed by atoms with van der Waals surface area (Å²) in [5.74, 6) is -0.269. The molecule has 18 heavy (non-hydrogen) atoms. The number of anilines is 1. The van der Waals surface area contributed by atoms with Crippen molar-refractivity contribution in [2.24, 2.45) is 0 Å². The number of carbonyl (C=O) groups is 1. The van der Waals surface area contributed by atoms with Crippen molar-refractivity contribution in [3.8, 4) is 0 Å². The summed E-state index contributed by atoms with van der Waals surface area (Å²) in [6, 6.07) is 7.57. The fourth-order valence-corrected chi connectivity index (χ4v) is 1.41. The van der Waals surface area contributed by atoms with Gasteiger partial charge < -0.3 is 10.1 Å². The minimum Gasteiger partial charge on any atom is -0.382 e. The SMILES string of the molecule is COCCONC(=O)c1ccccc1NC(C)C. The molecular formula is C13H20N2O3. The third kappa shape index (κ3) is 4.73. The highest BCUT2D eigenvalue weighted by Gasteiger charge is 2.11. The zero-order valence-electron chi connectivity index (χ0n) is 11.0. The number of hydroxylamine groups is 1. The predicted octanol–water partition coefficient (Wildman–Crippen LogP) is 1.81. The Morgan fingerprint density at radius 3 is 2.67 bits per heavy atom. The largest absolute Gasteiger partial charge is 0.382 e. The molecule has 0 saturated carbocycles. The van der Waals surface area contributed by atoms with Gasteiger partial charge in [0, 0.05) is 18.8 Å². The second kappa shape index (κ2) is 7.68. The second-order valence-corrected chi connectivity index (χ2v) is 4.12. The van der Waals surface area contributed by atoms with Crippen LogP contribution in [0.4, 0.5) is 5.69 Å². The monoisotopic (exact) mass is 252 g/mol. The van der Waals surface area contributed by atoms with Gasteiger partial charge in [-0.25, -0.2) is 5.48 Å². The van der Waals surface area contributed by atoms with Crippen LogP contribution in [0.5, 0.6) is 0 Å². The first-order valence-electron chi connectivity index (χ1n) is 5.91. The maximum absolute atomic E-state index is 11.9. The molecule has 0 radical (unpaired) electrons. The summed E-state index contributed by atoms with van der Waals surface area (Å²) in [5.41, 5.74) is 3.74. The number of hydrogen-bond acceptors (Lipinski definition) is 4. The van der Waals surface area contributed by atoms with Gasteiger partial charge in [-0.3, -0.25) is 9.63 Å². The molecule has 1 amide bonds. The molecule has 0 fully saturated rings. The quantitative estimate of drug-likeness (QED) is 0.574. The van der Waals surface area contributed by atoms with Crippen LogP contribution in [0.25, 0.3) is 0 Å². The topological polar surface area (TPSA) is 59.6 Å². The van der Waals surface area contributed by atoms with Crippen LogP contribution in [0.15, 0.2) is 24.3 Å². The van der Waals surface area contributed by atoms with Gasteiger partial charge in [-0.15, -0.1) is 0 Å². The van der Waals surface area contributed by atoms with Gasteiger partial charge in [0.15, 0.2) is 0 Å². The molecule has 0 aliphatic heterocycles. The lowest BCUT2D eigenvalue weighted by Crippen LogP contribution is -2.26. The Morgan fingerprint density at radius 1 is 1.28 bits per heavy atom. The van der Waals surface area contributed by atoms with E-state index < -0.39 is 0 Å². The molecule has 0 bridgehead atoms. The smallest absolute Gasteiger partial charge is 0.276 e. The summed E-state index contributed by atoms with van der Waals surface area (Å²) in [4.78, 5) is 16.9. The first kappa shape index (κ1) is 14.5. The molecule has 2 N–H and O–H groups in total. The first-order chi connectivity index (χ1) is 8.65. The van der Waals surface area contributed by atoms with Gasteiger partial charge in [0.1, 0.15) is 0 Å². The summed E-state index contributed by atoms with van der Waals surface area (Å²) < 4.78 is 4.82. The van der Waals surface area contributed by atoms with Gasteiger partial charge in [0.25, 0.3) is 5.91 Å². The van der Waals surface area contributed by atoms with Gasteiger partial charge in [-0.1, -0.05) is 12.1 Å². The Kier molecular flexibility index (Phi) is 6.18. The van der Waals surface area contributed by atoms with Gasteiger partial charge in [0.05, 0.1) is 18.8 Å². The fourth-order valence-electron chi connectivity index (χ4n) is 1.41. The maximum atomic E-state index is 11.9. The third-order valence-corrected chi connectivity index (χ3v) is 2.17. The molecule has 100 valence electrons. The summed E-state index contributed by atoms with van der Waals surface area (Å²) in [6.45, 7) is 4.79. The van der Waals surface area contributed by atoms with Crippen molar-refractivity contribution in [1.82, 2.24) is 5.48 Å². The zero-order chi connectivity index (χ0) is 13.4. The van der Waals surface area contributed by atoms with E-state index in [0.29, 0.717) is 18.8 Å². The molecular weight excluding hydrogens is 232 g/mol. The van der Waals surface area contributed by atoms with Gasteiger partial charge in [-0.2, -0.15) is 0 Å². The minimum atomic E-state index is -0.269. The molecule has 0 aliphatic rings. The number of benzene rings is 1. The number of para-hydroxylation sites is 1. The van der Waals surface area contributed by atoms with Crippen molar-refractivity contribution in [3.05, 3.63) is 29.8 Å². The molecule has 0 aromatic heterocycles. The fraction of sp³-hybridized carbons (Fsp3) is 0.462. The molecule has 5 heteroatoms. The molecule has 0 unspecified atom stereocenters. The number of hydrogen-bond donors (Lipinski definition) is 2. The Balaban J connectivity index is 2.61. The average molecular weight is 252 g/mol. The normalized spacial score (nSPS) is 10.4. The average Bonchev–Trinajstić information content (AvgIpc) is 2.34. The third-order valence-electron chi connectivity index (χ3n) is 2.17. The summed E-state index contributed by atoms with van der Waals surface area (Å²) in [6.07, 6.45) is 0. The molecule has 0 atom stereocenters. The Bertz CT molecular complexity index is 380. The van der Waals surface area contributed by atoms with E-state index in [9.17, 15) is 4.79 Å². The lowest BCUT2D eigenvalue weighted by molar-refractivity contribution is 0.00894. The molecule has 1 aromatic rings. The highest BCUT2D eigenvalue weighted by Crippen LogP contribution is 2.15. The minimum absolute atomic E-state index is 0.258. The number of amides is 1. The van der Waals surface area contributed by atoms with Crippen molar-refractivity contribution >= 4 is 11.6 Å². The molecule has 0 saturated heterocycles. The zero-order valence-corrected chi connectivity index (χ0v) is 11.0. The van der Waals surface area contributed by atoms with Gasteiger partial charge >= 0.3 is 0 Å². The molecule has 1 rings (SSSR count). The van der Waals surface area contributed by atoms with Gasteiger partial charge in [0.2, 0.25) is 0 Å².